The lowest BCUT2D eigenvalue weighted by atomic mass is 9.78. The Kier molecular flexibility index (Phi) is 11.1. The number of hydrogen-bond donors (Lipinski definition) is 9. The number of rotatable bonds is 12. The van der Waals surface area contributed by atoms with Crippen LogP contribution in [-0.4, -0.2) is 109 Å². The maximum absolute atomic E-state index is 12.1. The molecule has 0 saturated carbocycles. The fourth-order valence-electron chi connectivity index (χ4n) is 5.07. The fourth-order valence-corrected chi connectivity index (χ4v) is 5.07. The molecule has 1 saturated heterocycles. The molecular weight excluding hydrogens is 510 g/mol. The number of carbonyl (C=O) groups is 1. The number of allylic oxidation sites excluding steroid dienone is 3. The molecule has 9 N–H and O–H groups in total. The van der Waals surface area contributed by atoms with Crippen molar-refractivity contribution in [3.63, 3.8) is 0 Å². The molecule has 39 heavy (non-hydrogen) atoms. The Hall–Kier alpha value is -2.35. The second kappa shape index (κ2) is 13.8. The molecular formula is C28H41NO10. The molecule has 218 valence electrons. The molecule has 1 unspecified atom stereocenters. The van der Waals surface area contributed by atoms with Gasteiger partial charge in [-0.05, 0) is 55.4 Å². The first-order valence-corrected chi connectivity index (χ1v) is 13.2. The van der Waals surface area contributed by atoms with Gasteiger partial charge in [0, 0.05) is 12.3 Å². The normalized spacial score (nSPS) is 27.8. The van der Waals surface area contributed by atoms with Crippen LogP contribution in [0.4, 0.5) is 0 Å². The lowest BCUT2D eigenvalue weighted by Gasteiger charge is -2.43. The maximum atomic E-state index is 12.1. The molecule has 1 heterocycles. The summed E-state index contributed by atoms with van der Waals surface area (Å²) in [4.78, 5) is 12.1. The Morgan fingerprint density at radius 2 is 1.59 bits per heavy atom. The summed E-state index contributed by atoms with van der Waals surface area (Å²) in [5.74, 6) is -1.01. The van der Waals surface area contributed by atoms with Gasteiger partial charge < -0.3 is 50.9 Å². The number of nitrogens with one attached hydrogen (secondary N) is 1. The number of hydrogen-bond acceptors (Lipinski definition) is 10. The molecule has 0 radical (unpaired) electrons. The molecule has 11 heteroatoms. The molecule has 1 amide bonds. The predicted octanol–water partition coefficient (Wildman–Crippen LogP) is -0.996. The van der Waals surface area contributed by atoms with Crippen LogP contribution < -0.4 is 5.32 Å². The first kappa shape index (κ1) is 31.2. The molecule has 11 nitrogen and oxygen atoms in total. The van der Waals surface area contributed by atoms with E-state index in [2.05, 4.69) is 5.32 Å². The van der Waals surface area contributed by atoms with E-state index >= 15 is 0 Å². The Balaban J connectivity index is 1.58. The van der Waals surface area contributed by atoms with Gasteiger partial charge in [0.1, 0.15) is 30.0 Å². The van der Waals surface area contributed by atoms with Crippen LogP contribution in [0.2, 0.25) is 0 Å². The highest BCUT2D eigenvalue weighted by atomic mass is 16.5. The van der Waals surface area contributed by atoms with E-state index in [9.17, 15) is 45.6 Å². The van der Waals surface area contributed by atoms with Crippen LogP contribution in [0.1, 0.15) is 37.3 Å². The number of aliphatic hydroxyl groups is 8. The molecule has 0 aromatic heterocycles. The molecule has 1 aliphatic carbocycles. The number of amides is 1. The second-order valence-corrected chi connectivity index (χ2v) is 10.6. The summed E-state index contributed by atoms with van der Waals surface area (Å²) in [5, 5.41) is 81.4. The quantitative estimate of drug-likeness (QED) is 0.155. The zero-order chi connectivity index (χ0) is 28.7. The summed E-state index contributed by atoms with van der Waals surface area (Å²) < 4.78 is 5.69. The van der Waals surface area contributed by atoms with Crippen molar-refractivity contribution in [2.45, 2.75) is 75.1 Å². The van der Waals surface area contributed by atoms with Gasteiger partial charge >= 0.3 is 0 Å². The van der Waals surface area contributed by atoms with Crippen molar-refractivity contribution in [1.29, 1.82) is 0 Å². The number of benzene rings is 1. The number of aliphatic hydroxyl groups excluding tert-OH is 8. The van der Waals surface area contributed by atoms with Gasteiger partial charge in [0.05, 0.1) is 38.3 Å². The summed E-state index contributed by atoms with van der Waals surface area (Å²) >= 11 is 0. The van der Waals surface area contributed by atoms with Crippen LogP contribution in [0.3, 0.4) is 0 Å². The Bertz CT molecular complexity index is 1010. The fraction of sp³-hybridized carbons (Fsp3) is 0.607. The molecule has 0 bridgehead atoms. The third-order valence-corrected chi connectivity index (χ3v) is 7.72. The van der Waals surface area contributed by atoms with Gasteiger partial charge in [-0.25, -0.2) is 0 Å². The standard InChI is InChI=1S/C28H41NO10/c1-16-9-21(34)20(27-26(38)25(37)24(36)22(12-30)39-27)11-19(16)10-18-7-5-17(6-8-18)3-2-4-23(35)29-28(13-31,14-32)15-33/h5-9,20,22,24-27,30-34,36-38H,2-4,10-15H2,1H3,(H,29,35)/t20?,22-,24-,25+,26-,27+/m1/s1. The minimum atomic E-state index is -1.51. The highest BCUT2D eigenvalue weighted by Gasteiger charge is 2.47. The number of carbonyl (C=O) groups excluding carboxylic acids is 1. The van der Waals surface area contributed by atoms with Gasteiger partial charge in [0.15, 0.2) is 0 Å². The zero-order valence-electron chi connectivity index (χ0n) is 22.1. The summed E-state index contributed by atoms with van der Waals surface area (Å²) in [6.45, 7) is -0.356. The molecule has 1 aromatic rings. The van der Waals surface area contributed by atoms with Crippen LogP contribution in [0.5, 0.6) is 0 Å². The topological polar surface area (TPSA) is 200 Å². The minimum Gasteiger partial charge on any atom is -0.512 e. The van der Waals surface area contributed by atoms with E-state index in [0.29, 0.717) is 25.7 Å². The third-order valence-electron chi connectivity index (χ3n) is 7.72. The van der Waals surface area contributed by atoms with E-state index in [1.165, 1.54) is 0 Å². The molecule has 2 aliphatic rings. The Morgan fingerprint density at radius 1 is 0.974 bits per heavy atom. The van der Waals surface area contributed by atoms with E-state index in [4.69, 9.17) is 4.74 Å². The van der Waals surface area contributed by atoms with E-state index in [0.717, 1.165) is 22.3 Å². The number of aryl methyl sites for hydroxylation is 1. The molecule has 3 rings (SSSR count). The monoisotopic (exact) mass is 551 g/mol. The lowest BCUT2D eigenvalue weighted by Crippen LogP contribution is -2.60. The summed E-state index contributed by atoms with van der Waals surface area (Å²) in [6.07, 6.45) is -2.55. The largest absolute Gasteiger partial charge is 0.512 e. The molecule has 1 aromatic carbocycles. The summed E-state index contributed by atoms with van der Waals surface area (Å²) in [7, 11) is 0. The van der Waals surface area contributed by atoms with Gasteiger partial charge in [0.25, 0.3) is 0 Å². The van der Waals surface area contributed by atoms with Crippen LogP contribution >= 0.6 is 0 Å². The van der Waals surface area contributed by atoms with Gasteiger partial charge in [-0.15, -0.1) is 0 Å². The molecule has 0 spiro atoms. The Labute approximate surface area is 227 Å². The van der Waals surface area contributed by atoms with E-state index in [1.54, 1.807) is 6.08 Å². The molecule has 6 atom stereocenters. The van der Waals surface area contributed by atoms with Gasteiger partial charge in [-0.2, -0.15) is 0 Å². The van der Waals surface area contributed by atoms with Crippen LogP contribution in [0, 0.1) is 5.92 Å². The van der Waals surface area contributed by atoms with Crippen molar-refractivity contribution in [2.75, 3.05) is 26.4 Å². The van der Waals surface area contributed by atoms with E-state index in [1.807, 2.05) is 31.2 Å². The van der Waals surface area contributed by atoms with Gasteiger partial charge in [-0.1, -0.05) is 29.8 Å². The SMILES string of the molecule is CC1=C(Cc2ccc(CCCC(=O)NC(CO)(CO)CO)cc2)CC([C@@H]2O[C@H](CO)[C@@H](O)[C@H](O)[C@H]2O)C(O)=C1. The lowest BCUT2D eigenvalue weighted by molar-refractivity contribution is -0.240. The van der Waals surface area contributed by atoms with Gasteiger partial charge in [-0.3, -0.25) is 4.79 Å². The van der Waals surface area contributed by atoms with Crippen LogP contribution in [0.25, 0.3) is 0 Å². The average molecular weight is 552 g/mol. The van der Waals surface area contributed by atoms with Crippen molar-refractivity contribution < 1.29 is 50.4 Å². The van der Waals surface area contributed by atoms with Crippen molar-refractivity contribution >= 4 is 5.91 Å². The third kappa shape index (κ3) is 7.44. The summed E-state index contributed by atoms with van der Waals surface area (Å²) in [6, 6.07) is 7.89. The Morgan fingerprint density at radius 3 is 2.18 bits per heavy atom. The van der Waals surface area contributed by atoms with Crippen molar-refractivity contribution in [3.8, 4) is 0 Å². The van der Waals surface area contributed by atoms with Crippen LogP contribution in [-0.2, 0) is 22.4 Å². The van der Waals surface area contributed by atoms with Crippen molar-refractivity contribution in [1.82, 2.24) is 5.32 Å². The highest BCUT2D eigenvalue weighted by molar-refractivity contribution is 5.76. The van der Waals surface area contributed by atoms with E-state index < -0.39 is 68.4 Å². The summed E-state index contributed by atoms with van der Waals surface area (Å²) in [5.41, 5.74) is 2.51. The highest BCUT2D eigenvalue weighted by Crippen LogP contribution is 2.37. The predicted molar refractivity (Wildman–Crippen MR) is 141 cm³/mol. The first-order chi connectivity index (χ1) is 18.6. The zero-order valence-corrected chi connectivity index (χ0v) is 22.1. The molecule has 1 fully saturated rings. The smallest absolute Gasteiger partial charge is 0.220 e. The van der Waals surface area contributed by atoms with Gasteiger partial charge in [0.2, 0.25) is 5.91 Å². The average Bonchev–Trinajstić information content (AvgIpc) is 2.93. The van der Waals surface area contributed by atoms with Crippen molar-refractivity contribution in [2.24, 2.45) is 5.92 Å². The first-order valence-electron chi connectivity index (χ1n) is 13.2. The van der Waals surface area contributed by atoms with Crippen LogP contribution in [0.15, 0.2) is 47.2 Å². The number of ether oxygens (including phenoxy) is 1. The maximum Gasteiger partial charge on any atom is 0.220 e. The van der Waals surface area contributed by atoms with Crippen molar-refractivity contribution in [3.05, 3.63) is 58.4 Å². The second-order valence-electron chi connectivity index (χ2n) is 10.6. The van der Waals surface area contributed by atoms with E-state index in [-0.39, 0.29) is 18.1 Å². The minimum absolute atomic E-state index is 0.00849. The molecule has 1 aliphatic heterocycles.